The summed E-state index contributed by atoms with van der Waals surface area (Å²) in [6.45, 7) is 12.1. The number of nitrogens with zero attached hydrogens (tertiary/aromatic N) is 3. The second kappa shape index (κ2) is 19.3. The molecule has 4 aliphatic carbocycles. The molecule has 6 atom stereocenters. The molecule has 7 fully saturated rings. The van der Waals surface area contributed by atoms with Crippen molar-refractivity contribution in [1.82, 2.24) is 20.0 Å². The molecule has 0 aromatic rings. The van der Waals surface area contributed by atoms with Gasteiger partial charge in [0.2, 0.25) is 17.7 Å². The van der Waals surface area contributed by atoms with E-state index in [1.807, 2.05) is 11.1 Å². The van der Waals surface area contributed by atoms with Gasteiger partial charge >= 0.3 is 0 Å². The summed E-state index contributed by atoms with van der Waals surface area (Å²) in [5, 5.41) is 12.7. The topological polar surface area (TPSA) is 102 Å². The fourth-order valence-corrected chi connectivity index (χ4v) is 12.7. The van der Waals surface area contributed by atoms with Gasteiger partial charge < -0.3 is 14.7 Å². The van der Waals surface area contributed by atoms with Gasteiger partial charge in [0.05, 0.1) is 12.2 Å². The maximum Gasteiger partial charge on any atom is 0.249 e. The SMILES string of the molecule is CC/C(=C(\C1CCC(O)CC1)C1CCC(OCCCCCN2CC(C)N(C3CCC4C(=O)N(C5CCC(=O)NC5=O)CC4C3)CC2C)CC1)C1CCCCC1. The van der Waals surface area contributed by atoms with Crippen LogP contribution in [0.15, 0.2) is 11.1 Å². The van der Waals surface area contributed by atoms with E-state index in [-0.39, 0.29) is 29.7 Å². The Kier molecular flexibility index (Phi) is 14.5. The second-order valence-electron chi connectivity index (χ2n) is 19.3. The molecule has 0 spiro atoms. The minimum absolute atomic E-state index is 0.0347. The van der Waals surface area contributed by atoms with Crippen molar-refractivity contribution in [1.29, 1.82) is 0 Å². The van der Waals surface area contributed by atoms with Crippen LogP contribution in [0.3, 0.4) is 0 Å². The predicted octanol–water partition coefficient (Wildman–Crippen LogP) is 7.40. The highest BCUT2D eigenvalue weighted by molar-refractivity contribution is 6.02. The summed E-state index contributed by atoms with van der Waals surface area (Å²) in [4.78, 5) is 44.8. The Labute approximate surface area is 333 Å². The summed E-state index contributed by atoms with van der Waals surface area (Å²) in [7, 11) is 0. The average molecular weight is 765 g/mol. The maximum absolute atomic E-state index is 13.3. The first-order valence-corrected chi connectivity index (χ1v) is 23.4. The van der Waals surface area contributed by atoms with E-state index in [1.165, 1.54) is 89.9 Å². The van der Waals surface area contributed by atoms with Crippen molar-refractivity contribution in [3.63, 3.8) is 0 Å². The van der Waals surface area contributed by atoms with Gasteiger partial charge in [-0.2, -0.15) is 0 Å². The number of imide groups is 1. The van der Waals surface area contributed by atoms with Crippen LogP contribution in [0.5, 0.6) is 0 Å². The van der Waals surface area contributed by atoms with E-state index in [4.69, 9.17) is 4.74 Å². The molecule has 3 saturated heterocycles. The van der Waals surface area contributed by atoms with Crippen LogP contribution in [-0.2, 0) is 19.1 Å². The summed E-state index contributed by atoms with van der Waals surface area (Å²) in [6, 6.07) is 1.04. The molecule has 7 rings (SSSR count). The first-order valence-electron chi connectivity index (χ1n) is 23.4. The third kappa shape index (κ3) is 9.91. The van der Waals surface area contributed by atoms with Gasteiger partial charge in [0, 0.05) is 56.7 Å². The van der Waals surface area contributed by atoms with Crippen molar-refractivity contribution in [3.8, 4) is 0 Å². The second-order valence-corrected chi connectivity index (χ2v) is 19.3. The summed E-state index contributed by atoms with van der Waals surface area (Å²) >= 11 is 0. The van der Waals surface area contributed by atoms with Gasteiger partial charge in [0.15, 0.2) is 0 Å². The maximum atomic E-state index is 13.3. The van der Waals surface area contributed by atoms with E-state index in [0.29, 0.717) is 55.5 Å². The lowest BCUT2D eigenvalue weighted by Gasteiger charge is -2.49. The average Bonchev–Trinajstić information content (AvgIpc) is 3.52. The molecule has 9 nitrogen and oxygen atoms in total. The first kappa shape index (κ1) is 41.4. The van der Waals surface area contributed by atoms with Gasteiger partial charge in [-0.15, -0.1) is 0 Å². The van der Waals surface area contributed by atoms with E-state index in [2.05, 4.69) is 35.9 Å². The van der Waals surface area contributed by atoms with Gasteiger partial charge in [-0.25, -0.2) is 0 Å². The number of allylic oxidation sites excluding steroid dienone is 2. The normalized spacial score (nSPS) is 37.8. The molecule has 3 heterocycles. The Hall–Kier alpha value is -1.81. The van der Waals surface area contributed by atoms with Gasteiger partial charge in [0.1, 0.15) is 6.04 Å². The zero-order valence-corrected chi connectivity index (χ0v) is 34.9. The Morgan fingerprint density at radius 3 is 2.20 bits per heavy atom. The van der Waals surface area contributed by atoms with Gasteiger partial charge in [-0.3, -0.25) is 29.5 Å². The summed E-state index contributed by atoms with van der Waals surface area (Å²) < 4.78 is 6.55. The van der Waals surface area contributed by atoms with Crippen molar-refractivity contribution >= 4 is 17.7 Å². The van der Waals surface area contributed by atoms with Crippen LogP contribution in [0.2, 0.25) is 0 Å². The molecular weight excluding hydrogens is 689 g/mol. The van der Waals surface area contributed by atoms with Crippen LogP contribution < -0.4 is 5.32 Å². The number of carbonyl (C=O) groups excluding carboxylic acids is 3. The fraction of sp³-hybridized carbons (Fsp3) is 0.891. The van der Waals surface area contributed by atoms with E-state index < -0.39 is 6.04 Å². The number of amides is 3. The van der Waals surface area contributed by atoms with Crippen LogP contribution >= 0.6 is 0 Å². The summed E-state index contributed by atoms with van der Waals surface area (Å²) in [5.41, 5.74) is 3.70. The number of nitrogens with one attached hydrogen (secondary N) is 1. The summed E-state index contributed by atoms with van der Waals surface area (Å²) in [5.74, 6) is 2.22. The van der Waals surface area contributed by atoms with Crippen molar-refractivity contribution < 1.29 is 24.2 Å². The molecule has 0 aromatic carbocycles. The minimum Gasteiger partial charge on any atom is -0.393 e. The lowest BCUT2D eigenvalue weighted by Crippen LogP contribution is -2.60. The minimum atomic E-state index is -0.479. The molecule has 0 bridgehead atoms. The molecule has 310 valence electrons. The molecule has 6 unspecified atom stereocenters. The quantitative estimate of drug-likeness (QED) is 0.115. The van der Waals surface area contributed by atoms with Crippen molar-refractivity contribution in [2.24, 2.45) is 29.6 Å². The number of unbranched alkanes of at least 4 members (excludes halogenated alkanes) is 2. The highest BCUT2D eigenvalue weighted by atomic mass is 16.5. The molecule has 55 heavy (non-hydrogen) atoms. The van der Waals surface area contributed by atoms with Gasteiger partial charge in [-0.1, -0.05) is 37.3 Å². The fourth-order valence-electron chi connectivity index (χ4n) is 12.7. The van der Waals surface area contributed by atoms with E-state index >= 15 is 0 Å². The van der Waals surface area contributed by atoms with E-state index in [0.717, 1.165) is 76.6 Å². The largest absolute Gasteiger partial charge is 0.393 e. The monoisotopic (exact) mass is 765 g/mol. The van der Waals surface area contributed by atoms with E-state index in [9.17, 15) is 19.5 Å². The molecule has 3 aliphatic heterocycles. The molecule has 9 heteroatoms. The van der Waals surface area contributed by atoms with Crippen LogP contribution in [0.25, 0.3) is 0 Å². The molecule has 4 saturated carbocycles. The Morgan fingerprint density at radius 1 is 0.764 bits per heavy atom. The Bertz CT molecular complexity index is 1330. The number of hydrogen-bond donors (Lipinski definition) is 2. The highest BCUT2D eigenvalue weighted by Crippen LogP contribution is 2.46. The lowest BCUT2D eigenvalue weighted by atomic mass is 9.68. The zero-order valence-electron chi connectivity index (χ0n) is 34.9. The number of carbonyl (C=O) groups is 3. The number of piperazine rings is 1. The van der Waals surface area contributed by atoms with E-state index in [1.54, 1.807) is 4.90 Å². The van der Waals surface area contributed by atoms with Gasteiger partial charge in [0.25, 0.3) is 0 Å². The molecule has 7 aliphatic rings. The van der Waals surface area contributed by atoms with Crippen molar-refractivity contribution in [2.45, 2.75) is 198 Å². The number of rotatable bonds is 13. The van der Waals surface area contributed by atoms with Crippen molar-refractivity contribution in [2.75, 3.05) is 32.8 Å². The standard InChI is InChI=1S/C46H76N4O5/c1-4-40(33-11-7-5-8-12-33)44(34-13-18-38(51)19-14-34)35-15-20-39(21-16-35)55-26-10-6-9-25-48-28-32(3)49(29-31(48)2)37-17-22-41-36(27-37)30-50(46(41)54)42-23-24-43(52)47-45(42)53/h31-39,41-42,51H,4-30H2,1-3H3,(H,47,52,53)/b44-40-. The number of aliphatic hydroxyl groups is 1. The number of aliphatic hydroxyl groups excluding tert-OH is 1. The number of hydrogen-bond acceptors (Lipinski definition) is 7. The molecule has 0 radical (unpaired) electrons. The van der Waals surface area contributed by atoms with Crippen LogP contribution in [0.4, 0.5) is 0 Å². The van der Waals surface area contributed by atoms with Crippen LogP contribution in [0, 0.1) is 29.6 Å². The lowest BCUT2D eigenvalue weighted by molar-refractivity contribution is -0.144. The number of likely N-dealkylation sites (tertiary alicyclic amines) is 1. The molecular formula is C46H76N4O5. The molecule has 0 aromatic heterocycles. The number of piperidine rings is 1. The Balaban J connectivity index is 0.805. The highest BCUT2D eigenvalue weighted by Gasteiger charge is 2.49. The molecule has 2 N–H and O–H groups in total. The third-order valence-electron chi connectivity index (χ3n) is 15.7. The van der Waals surface area contributed by atoms with Crippen molar-refractivity contribution in [3.05, 3.63) is 11.1 Å². The smallest absolute Gasteiger partial charge is 0.249 e. The Morgan fingerprint density at radius 2 is 1.49 bits per heavy atom. The number of ether oxygens (including phenoxy) is 1. The molecule has 3 amide bonds. The predicted molar refractivity (Wildman–Crippen MR) is 217 cm³/mol. The summed E-state index contributed by atoms with van der Waals surface area (Å²) in [6.07, 6.45) is 25.3. The van der Waals surface area contributed by atoms with Crippen LogP contribution in [0.1, 0.15) is 162 Å². The number of fused-ring (bicyclic) bond motifs is 1. The van der Waals surface area contributed by atoms with Crippen LogP contribution in [-0.4, -0.2) is 107 Å². The van der Waals surface area contributed by atoms with Gasteiger partial charge in [-0.05, 0) is 160 Å². The zero-order chi connectivity index (χ0) is 38.5. The third-order valence-corrected chi connectivity index (χ3v) is 15.7. The first-order chi connectivity index (χ1) is 26.7.